The predicted molar refractivity (Wildman–Crippen MR) is 63.5 cm³/mol. The average Bonchev–Trinajstić information content (AvgIpc) is 2.15. The smallest absolute Gasteiger partial charge is 0.236 e. The molecule has 5 nitrogen and oxygen atoms in total. The van der Waals surface area contributed by atoms with Gasteiger partial charge in [0.15, 0.2) is 0 Å². The number of hydrogen-bond acceptors (Lipinski definition) is 3. The van der Waals surface area contributed by atoms with Gasteiger partial charge >= 0.3 is 0 Å². The molecule has 0 aromatic carbocycles. The number of primary amides is 1. The summed E-state index contributed by atoms with van der Waals surface area (Å²) >= 11 is 0. The number of hydrogen-bond donors (Lipinski definition) is 3. The summed E-state index contributed by atoms with van der Waals surface area (Å²) in [6.07, 6.45) is 2.51. The Labute approximate surface area is 96.9 Å². The van der Waals surface area contributed by atoms with E-state index in [2.05, 4.69) is 5.32 Å². The number of amides is 2. The zero-order valence-electron chi connectivity index (χ0n) is 10.2. The fraction of sp³-hybridized carbons (Fsp3) is 0.818. The van der Waals surface area contributed by atoms with Crippen LogP contribution in [-0.4, -0.2) is 24.4 Å². The highest BCUT2D eigenvalue weighted by atomic mass is 16.2. The lowest BCUT2D eigenvalue weighted by Gasteiger charge is -2.13. The second-order valence-corrected chi connectivity index (χ2v) is 4.45. The van der Waals surface area contributed by atoms with Gasteiger partial charge < -0.3 is 16.8 Å². The number of unbranched alkanes of at least 4 members (excludes halogenated alkanes) is 1. The van der Waals surface area contributed by atoms with Gasteiger partial charge in [-0.25, -0.2) is 0 Å². The Bertz CT molecular complexity index is 229. The molecule has 0 aliphatic carbocycles. The molecular weight excluding hydrogens is 206 g/mol. The molecule has 0 fully saturated rings. The van der Waals surface area contributed by atoms with E-state index in [-0.39, 0.29) is 11.8 Å². The Hall–Kier alpha value is -1.10. The van der Waals surface area contributed by atoms with Gasteiger partial charge in [-0.15, -0.1) is 0 Å². The van der Waals surface area contributed by atoms with Crippen molar-refractivity contribution in [1.82, 2.24) is 5.32 Å². The average molecular weight is 229 g/mol. The Morgan fingerprint density at radius 2 is 1.88 bits per heavy atom. The first-order chi connectivity index (χ1) is 7.43. The summed E-state index contributed by atoms with van der Waals surface area (Å²) in [6, 6.07) is -0.434. The van der Waals surface area contributed by atoms with Crippen molar-refractivity contribution in [3.63, 3.8) is 0 Å². The van der Waals surface area contributed by atoms with Crippen molar-refractivity contribution in [3.05, 3.63) is 0 Å². The van der Waals surface area contributed by atoms with Crippen LogP contribution in [0.1, 0.15) is 39.5 Å². The van der Waals surface area contributed by atoms with Crippen LogP contribution in [0.4, 0.5) is 0 Å². The SMILES string of the molecule is CC(C)C[C@H](N)C(=O)NCCCCC(N)=O. The normalized spacial score (nSPS) is 12.5. The van der Waals surface area contributed by atoms with Crippen molar-refractivity contribution in [3.8, 4) is 0 Å². The summed E-state index contributed by atoms with van der Waals surface area (Å²) in [6.45, 7) is 4.61. The molecule has 0 unspecified atom stereocenters. The summed E-state index contributed by atoms with van der Waals surface area (Å²) in [5.74, 6) is -0.00813. The van der Waals surface area contributed by atoms with E-state index in [9.17, 15) is 9.59 Å². The lowest BCUT2D eigenvalue weighted by Crippen LogP contribution is -2.41. The predicted octanol–water partition coefficient (Wildman–Crippen LogP) is 0.132. The van der Waals surface area contributed by atoms with E-state index >= 15 is 0 Å². The maximum absolute atomic E-state index is 11.4. The Kier molecular flexibility index (Phi) is 7.54. The molecule has 0 saturated heterocycles. The Morgan fingerprint density at radius 3 is 2.38 bits per heavy atom. The van der Waals surface area contributed by atoms with Crippen molar-refractivity contribution in [2.45, 2.75) is 45.6 Å². The summed E-state index contributed by atoms with van der Waals surface area (Å²) in [5.41, 5.74) is 10.7. The Morgan fingerprint density at radius 1 is 1.25 bits per heavy atom. The number of carbonyl (C=O) groups is 2. The molecule has 1 atom stereocenters. The van der Waals surface area contributed by atoms with E-state index < -0.39 is 6.04 Å². The number of rotatable bonds is 8. The third kappa shape index (κ3) is 8.23. The molecule has 0 aromatic rings. The van der Waals surface area contributed by atoms with E-state index in [1.807, 2.05) is 13.8 Å². The second kappa shape index (κ2) is 8.10. The summed E-state index contributed by atoms with van der Waals surface area (Å²) in [4.78, 5) is 21.9. The number of nitrogens with two attached hydrogens (primary N) is 2. The van der Waals surface area contributed by atoms with Crippen LogP contribution in [0.5, 0.6) is 0 Å². The molecule has 0 aliphatic rings. The fourth-order valence-corrected chi connectivity index (χ4v) is 1.38. The number of nitrogens with one attached hydrogen (secondary N) is 1. The molecule has 0 heterocycles. The molecule has 0 bridgehead atoms. The highest BCUT2D eigenvalue weighted by Gasteiger charge is 2.13. The van der Waals surface area contributed by atoms with Crippen LogP contribution in [0.25, 0.3) is 0 Å². The van der Waals surface area contributed by atoms with Gasteiger partial charge in [0.2, 0.25) is 11.8 Å². The van der Waals surface area contributed by atoms with Crippen molar-refractivity contribution >= 4 is 11.8 Å². The zero-order chi connectivity index (χ0) is 12.6. The van der Waals surface area contributed by atoms with Crippen LogP contribution >= 0.6 is 0 Å². The molecule has 0 spiro atoms. The quantitative estimate of drug-likeness (QED) is 0.516. The molecule has 0 aromatic heterocycles. The molecule has 0 saturated carbocycles. The zero-order valence-corrected chi connectivity index (χ0v) is 10.2. The van der Waals surface area contributed by atoms with Crippen LogP contribution in [0.2, 0.25) is 0 Å². The van der Waals surface area contributed by atoms with Crippen LogP contribution < -0.4 is 16.8 Å². The molecule has 5 N–H and O–H groups in total. The Balaban J connectivity index is 3.53. The maximum Gasteiger partial charge on any atom is 0.236 e. The van der Waals surface area contributed by atoms with E-state index in [0.29, 0.717) is 31.7 Å². The van der Waals surface area contributed by atoms with Gasteiger partial charge in [-0.2, -0.15) is 0 Å². The van der Waals surface area contributed by atoms with Gasteiger partial charge in [-0.1, -0.05) is 13.8 Å². The molecular formula is C11H23N3O2. The largest absolute Gasteiger partial charge is 0.370 e. The van der Waals surface area contributed by atoms with Gasteiger partial charge in [0.1, 0.15) is 0 Å². The third-order valence-electron chi connectivity index (χ3n) is 2.21. The van der Waals surface area contributed by atoms with E-state index in [4.69, 9.17) is 11.5 Å². The maximum atomic E-state index is 11.4. The van der Waals surface area contributed by atoms with Crippen molar-refractivity contribution in [1.29, 1.82) is 0 Å². The fourth-order valence-electron chi connectivity index (χ4n) is 1.38. The van der Waals surface area contributed by atoms with Gasteiger partial charge in [0.05, 0.1) is 6.04 Å². The van der Waals surface area contributed by atoms with Crippen LogP contribution in [0.3, 0.4) is 0 Å². The first-order valence-corrected chi connectivity index (χ1v) is 5.75. The van der Waals surface area contributed by atoms with Crippen molar-refractivity contribution in [2.24, 2.45) is 17.4 Å². The van der Waals surface area contributed by atoms with E-state index in [1.54, 1.807) is 0 Å². The molecule has 0 aliphatic heterocycles. The lowest BCUT2D eigenvalue weighted by molar-refractivity contribution is -0.122. The highest BCUT2D eigenvalue weighted by molar-refractivity contribution is 5.81. The van der Waals surface area contributed by atoms with E-state index in [0.717, 1.165) is 6.42 Å². The van der Waals surface area contributed by atoms with Crippen molar-refractivity contribution < 1.29 is 9.59 Å². The van der Waals surface area contributed by atoms with Gasteiger partial charge in [0.25, 0.3) is 0 Å². The molecule has 2 amide bonds. The molecule has 94 valence electrons. The first kappa shape index (κ1) is 14.9. The summed E-state index contributed by atoms with van der Waals surface area (Å²) in [5, 5.41) is 2.75. The minimum Gasteiger partial charge on any atom is -0.370 e. The minimum atomic E-state index is -0.434. The van der Waals surface area contributed by atoms with Crippen LogP contribution in [-0.2, 0) is 9.59 Å². The topological polar surface area (TPSA) is 98.2 Å². The van der Waals surface area contributed by atoms with Crippen LogP contribution in [0.15, 0.2) is 0 Å². The summed E-state index contributed by atoms with van der Waals surface area (Å²) < 4.78 is 0. The second-order valence-electron chi connectivity index (χ2n) is 4.45. The van der Waals surface area contributed by atoms with Gasteiger partial charge in [-0.05, 0) is 25.2 Å². The first-order valence-electron chi connectivity index (χ1n) is 5.75. The monoisotopic (exact) mass is 229 g/mol. The highest BCUT2D eigenvalue weighted by Crippen LogP contribution is 2.02. The standard InChI is InChI=1S/C11H23N3O2/c1-8(2)7-9(12)11(16)14-6-4-3-5-10(13)15/h8-9H,3-7,12H2,1-2H3,(H2,13,15)(H,14,16)/t9-/m0/s1. The molecule has 0 radical (unpaired) electrons. The van der Waals surface area contributed by atoms with Crippen LogP contribution in [0, 0.1) is 5.92 Å². The van der Waals surface area contributed by atoms with Gasteiger partial charge in [-0.3, -0.25) is 9.59 Å². The minimum absolute atomic E-state index is 0.118. The molecule has 16 heavy (non-hydrogen) atoms. The summed E-state index contributed by atoms with van der Waals surface area (Å²) in [7, 11) is 0. The lowest BCUT2D eigenvalue weighted by atomic mass is 10.0. The van der Waals surface area contributed by atoms with E-state index in [1.165, 1.54) is 0 Å². The van der Waals surface area contributed by atoms with Gasteiger partial charge in [0, 0.05) is 13.0 Å². The number of carbonyl (C=O) groups excluding carboxylic acids is 2. The van der Waals surface area contributed by atoms with Crippen molar-refractivity contribution in [2.75, 3.05) is 6.54 Å². The molecule has 5 heteroatoms. The third-order valence-corrected chi connectivity index (χ3v) is 2.21. The molecule has 0 rings (SSSR count).